The van der Waals surface area contributed by atoms with Crippen LogP contribution in [0, 0.1) is 5.41 Å². The first kappa shape index (κ1) is 11.9. The summed E-state index contributed by atoms with van der Waals surface area (Å²) in [4.78, 5) is 4.32. The van der Waals surface area contributed by atoms with E-state index in [1.54, 1.807) is 6.20 Å². The zero-order valence-corrected chi connectivity index (χ0v) is 10.7. The lowest BCUT2D eigenvalue weighted by atomic mass is 9.93. The van der Waals surface area contributed by atoms with Crippen LogP contribution in [-0.2, 0) is 0 Å². The second kappa shape index (κ2) is 4.74. The predicted octanol–water partition coefficient (Wildman–Crippen LogP) is 4.05. The average Bonchev–Trinajstić information content (AvgIpc) is 2.27. The van der Waals surface area contributed by atoms with Crippen LogP contribution in [0.5, 0.6) is 5.75 Å². The highest BCUT2D eigenvalue weighted by Gasteiger charge is 2.09. The summed E-state index contributed by atoms with van der Waals surface area (Å²) in [5.74, 6) is 0.903. The van der Waals surface area contributed by atoms with Crippen LogP contribution in [0.3, 0.4) is 0 Å². The van der Waals surface area contributed by atoms with Gasteiger partial charge < -0.3 is 4.74 Å². The lowest BCUT2D eigenvalue weighted by Crippen LogP contribution is -2.11. The first-order valence-corrected chi connectivity index (χ1v) is 6.02. The Morgan fingerprint density at radius 1 is 1.18 bits per heavy atom. The van der Waals surface area contributed by atoms with Gasteiger partial charge in [0, 0.05) is 17.6 Å². The van der Waals surface area contributed by atoms with Crippen molar-refractivity contribution in [1.29, 1.82) is 0 Å². The number of rotatable bonds is 3. The van der Waals surface area contributed by atoms with Gasteiger partial charge in [0.2, 0.25) is 0 Å². The maximum Gasteiger partial charge on any atom is 0.121 e. The van der Waals surface area contributed by atoms with Crippen LogP contribution in [0.15, 0.2) is 36.5 Å². The number of fused-ring (bicyclic) bond motifs is 1. The summed E-state index contributed by atoms with van der Waals surface area (Å²) in [5, 5.41) is 1.15. The predicted molar refractivity (Wildman–Crippen MR) is 71.3 cm³/mol. The Labute approximate surface area is 103 Å². The van der Waals surface area contributed by atoms with Gasteiger partial charge in [0.05, 0.1) is 12.1 Å². The molecule has 90 valence electrons. The monoisotopic (exact) mass is 229 g/mol. The Morgan fingerprint density at radius 2 is 2.00 bits per heavy atom. The fraction of sp³-hybridized carbons (Fsp3) is 0.400. The molecule has 0 bridgehead atoms. The molecule has 0 N–H and O–H groups in total. The molecule has 0 unspecified atom stereocenters. The summed E-state index contributed by atoms with van der Waals surface area (Å²) in [6, 6.07) is 10.1. The minimum Gasteiger partial charge on any atom is -0.493 e. The van der Waals surface area contributed by atoms with E-state index in [0.29, 0.717) is 5.41 Å². The maximum absolute atomic E-state index is 5.75. The summed E-state index contributed by atoms with van der Waals surface area (Å²) in [6.45, 7) is 7.41. The SMILES string of the molecule is CC(C)(C)CCOc1ccc2cccnc2c1. The van der Waals surface area contributed by atoms with Gasteiger partial charge in [0.15, 0.2) is 0 Å². The van der Waals surface area contributed by atoms with Crippen LogP contribution in [0.25, 0.3) is 10.9 Å². The highest BCUT2D eigenvalue weighted by molar-refractivity contribution is 5.79. The standard InChI is InChI=1S/C15H19NO/c1-15(2,3)8-10-17-13-7-6-12-5-4-9-16-14(12)11-13/h4-7,9,11H,8,10H2,1-3H3. The quantitative estimate of drug-likeness (QED) is 0.792. The van der Waals surface area contributed by atoms with E-state index in [2.05, 4.69) is 37.9 Å². The Morgan fingerprint density at radius 3 is 2.76 bits per heavy atom. The first-order chi connectivity index (χ1) is 8.04. The summed E-state index contributed by atoms with van der Waals surface area (Å²) in [7, 11) is 0. The van der Waals surface area contributed by atoms with Crippen LogP contribution in [-0.4, -0.2) is 11.6 Å². The molecule has 0 aliphatic rings. The number of aromatic nitrogens is 1. The van der Waals surface area contributed by atoms with Crippen LogP contribution >= 0.6 is 0 Å². The molecule has 0 aliphatic heterocycles. The van der Waals surface area contributed by atoms with Crippen molar-refractivity contribution in [1.82, 2.24) is 4.98 Å². The van der Waals surface area contributed by atoms with Crippen molar-refractivity contribution in [3.63, 3.8) is 0 Å². The summed E-state index contributed by atoms with van der Waals surface area (Å²) in [5.41, 5.74) is 1.30. The van der Waals surface area contributed by atoms with E-state index < -0.39 is 0 Å². The van der Waals surface area contributed by atoms with E-state index in [1.165, 1.54) is 0 Å². The first-order valence-electron chi connectivity index (χ1n) is 6.02. The van der Waals surface area contributed by atoms with Crippen molar-refractivity contribution < 1.29 is 4.74 Å². The number of hydrogen-bond donors (Lipinski definition) is 0. The molecule has 0 atom stereocenters. The van der Waals surface area contributed by atoms with Crippen molar-refractivity contribution in [2.24, 2.45) is 5.41 Å². The molecule has 0 amide bonds. The number of hydrogen-bond acceptors (Lipinski definition) is 2. The molecule has 2 heteroatoms. The van der Waals surface area contributed by atoms with Gasteiger partial charge >= 0.3 is 0 Å². The van der Waals surface area contributed by atoms with Crippen molar-refractivity contribution >= 4 is 10.9 Å². The minimum atomic E-state index is 0.315. The average molecular weight is 229 g/mol. The van der Waals surface area contributed by atoms with Crippen molar-refractivity contribution in [3.8, 4) is 5.75 Å². The lowest BCUT2D eigenvalue weighted by molar-refractivity contribution is 0.243. The largest absolute Gasteiger partial charge is 0.493 e. The van der Waals surface area contributed by atoms with E-state index in [1.807, 2.05) is 18.2 Å². The van der Waals surface area contributed by atoms with E-state index in [-0.39, 0.29) is 0 Å². The third-order valence-corrected chi connectivity index (χ3v) is 2.70. The van der Waals surface area contributed by atoms with Crippen LogP contribution in [0.1, 0.15) is 27.2 Å². The Kier molecular flexibility index (Phi) is 3.32. The summed E-state index contributed by atoms with van der Waals surface area (Å²) in [6.07, 6.45) is 2.86. The van der Waals surface area contributed by atoms with Gasteiger partial charge in [0.1, 0.15) is 5.75 Å². The molecular formula is C15H19NO. The summed E-state index contributed by atoms with van der Waals surface area (Å²) < 4.78 is 5.75. The van der Waals surface area contributed by atoms with Gasteiger partial charge in [-0.25, -0.2) is 0 Å². The third-order valence-electron chi connectivity index (χ3n) is 2.70. The van der Waals surface area contributed by atoms with E-state index >= 15 is 0 Å². The van der Waals surface area contributed by atoms with Crippen molar-refractivity contribution in [3.05, 3.63) is 36.5 Å². The Balaban J connectivity index is 2.04. The molecule has 2 aromatic rings. The number of ether oxygens (including phenoxy) is 1. The normalized spacial score (nSPS) is 11.7. The lowest BCUT2D eigenvalue weighted by Gasteiger charge is -2.18. The molecule has 0 spiro atoms. The summed E-state index contributed by atoms with van der Waals surface area (Å²) >= 11 is 0. The third kappa shape index (κ3) is 3.45. The molecule has 0 radical (unpaired) electrons. The maximum atomic E-state index is 5.75. The second-order valence-corrected chi connectivity index (χ2v) is 5.52. The fourth-order valence-electron chi connectivity index (χ4n) is 1.61. The van der Waals surface area contributed by atoms with Crippen LogP contribution < -0.4 is 4.74 Å². The number of benzene rings is 1. The zero-order chi connectivity index (χ0) is 12.3. The molecular weight excluding hydrogens is 210 g/mol. The highest BCUT2D eigenvalue weighted by Crippen LogP contribution is 2.21. The van der Waals surface area contributed by atoms with Crippen LogP contribution in [0.4, 0.5) is 0 Å². The second-order valence-electron chi connectivity index (χ2n) is 5.52. The minimum absolute atomic E-state index is 0.315. The van der Waals surface area contributed by atoms with Gasteiger partial charge in [-0.3, -0.25) is 4.98 Å². The smallest absolute Gasteiger partial charge is 0.121 e. The molecule has 0 aliphatic carbocycles. The van der Waals surface area contributed by atoms with Gasteiger partial charge in [-0.2, -0.15) is 0 Å². The molecule has 0 saturated carbocycles. The molecule has 17 heavy (non-hydrogen) atoms. The molecule has 0 saturated heterocycles. The van der Waals surface area contributed by atoms with Crippen molar-refractivity contribution in [2.75, 3.05) is 6.61 Å². The molecule has 1 aromatic heterocycles. The van der Waals surface area contributed by atoms with Gasteiger partial charge in [-0.1, -0.05) is 26.8 Å². The van der Waals surface area contributed by atoms with Crippen LogP contribution in [0.2, 0.25) is 0 Å². The van der Waals surface area contributed by atoms with Crippen molar-refractivity contribution in [2.45, 2.75) is 27.2 Å². The topological polar surface area (TPSA) is 22.1 Å². The highest BCUT2D eigenvalue weighted by atomic mass is 16.5. The number of nitrogens with zero attached hydrogens (tertiary/aromatic N) is 1. The molecule has 1 heterocycles. The molecule has 0 fully saturated rings. The Hall–Kier alpha value is -1.57. The fourth-order valence-corrected chi connectivity index (χ4v) is 1.61. The van der Waals surface area contributed by atoms with Gasteiger partial charge in [-0.15, -0.1) is 0 Å². The van der Waals surface area contributed by atoms with E-state index in [9.17, 15) is 0 Å². The van der Waals surface area contributed by atoms with E-state index in [0.717, 1.165) is 29.7 Å². The number of pyridine rings is 1. The molecule has 1 aromatic carbocycles. The Bertz CT molecular complexity index is 499. The molecule has 2 rings (SSSR count). The van der Waals surface area contributed by atoms with Gasteiger partial charge in [0.25, 0.3) is 0 Å². The van der Waals surface area contributed by atoms with E-state index in [4.69, 9.17) is 4.74 Å². The zero-order valence-electron chi connectivity index (χ0n) is 10.7. The van der Waals surface area contributed by atoms with Gasteiger partial charge in [-0.05, 0) is 30.0 Å². The molecule has 2 nitrogen and oxygen atoms in total.